The van der Waals surface area contributed by atoms with Crippen LogP contribution in [0.25, 0.3) is 0 Å². The van der Waals surface area contributed by atoms with Crippen molar-refractivity contribution < 1.29 is 64.6 Å². The van der Waals surface area contributed by atoms with Crippen molar-refractivity contribution in [3.05, 3.63) is 12.2 Å². The quantitative estimate of drug-likeness (QED) is 0.0213. The number of allylic oxidation sites excluding steroid dienone is 1. The van der Waals surface area contributed by atoms with Crippen molar-refractivity contribution in [3.8, 4) is 0 Å². The van der Waals surface area contributed by atoms with Crippen molar-refractivity contribution in [1.82, 2.24) is 5.32 Å². The van der Waals surface area contributed by atoms with Crippen LogP contribution in [0.4, 0.5) is 0 Å². The summed E-state index contributed by atoms with van der Waals surface area (Å²) < 4.78 is 22.3. The Balaban J connectivity index is 1.48. The van der Waals surface area contributed by atoms with Crippen LogP contribution in [0, 0.1) is 0 Å². The molecule has 0 radical (unpaired) electrons. The minimum atomic E-state index is -1.78. The molecule has 0 bridgehead atoms. The summed E-state index contributed by atoms with van der Waals surface area (Å²) in [6.45, 7) is 2.24. The number of nitrogens with one attached hydrogen (secondary N) is 1. The largest absolute Gasteiger partial charge is 0.394 e. The third-order valence-electron chi connectivity index (χ3n) is 13.5. The highest BCUT2D eigenvalue weighted by Gasteiger charge is 2.51. The van der Waals surface area contributed by atoms with Crippen molar-refractivity contribution in [3.63, 3.8) is 0 Å². The van der Waals surface area contributed by atoms with Crippen LogP contribution in [0.15, 0.2) is 12.2 Å². The van der Waals surface area contributed by atoms with E-state index in [4.69, 9.17) is 18.9 Å². The molecule has 0 aromatic carbocycles. The Bertz CT molecular complexity index is 1160. The first-order chi connectivity index (χ1) is 32.1. The van der Waals surface area contributed by atoms with Gasteiger partial charge < -0.3 is 65.1 Å². The lowest BCUT2D eigenvalue weighted by Crippen LogP contribution is -2.65. The maximum Gasteiger partial charge on any atom is 0.220 e. The van der Waals surface area contributed by atoms with Crippen LogP contribution >= 0.6 is 0 Å². The highest BCUT2D eigenvalue weighted by molar-refractivity contribution is 5.75. The number of amides is 1. The first kappa shape index (κ1) is 60.9. The number of unbranched alkanes of at least 4 members (excludes halogenated alkanes) is 30. The second kappa shape index (κ2) is 39.5. The maximum atomic E-state index is 12.3. The van der Waals surface area contributed by atoms with Crippen LogP contribution in [-0.4, -0.2) is 140 Å². The van der Waals surface area contributed by atoms with Crippen LogP contribution in [0.5, 0.6) is 0 Å². The minimum Gasteiger partial charge on any atom is -0.394 e. The third kappa shape index (κ3) is 26.1. The van der Waals surface area contributed by atoms with Crippen molar-refractivity contribution in [1.29, 1.82) is 0 Å². The van der Waals surface area contributed by atoms with E-state index < -0.39 is 86.8 Å². The molecule has 2 aliphatic rings. The van der Waals surface area contributed by atoms with Gasteiger partial charge >= 0.3 is 0 Å². The van der Waals surface area contributed by atoms with Crippen LogP contribution in [-0.2, 0) is 23.7 Å². The van der Waals surface area contributed by atoms with E-state index in [0.717, 1.165) is 19.3 Å². The second-order valence-corrected chi connectivity index (χ2v) is 19.3. The number of carbonyl (C=O) groups is 1. The number of hydrogen-bond donors (Lipinski definition) is 9. The smallest absolute Gasteiger partial charge is 0.220 e. The maximum absolute atomic E-state index is 12.3. The van der Waals surface area contributed by atoms with Gasteiger partial charge in [-0.25, -0.2) is 0 Å². The molecule has 14 nitrogen and oxygen atoms in total. The number of rotatable bonds is 42. The molecule has 9 N–H and O–H groups in total. The standard InChI is InChI=1S/C52H99NO13/c1-3-5-6-7-8-9-10-11-12-13-14-15-16-17-18-19-20-21-22-23-24-25-26-27-28-29-30-31-32-33-34-35-36-41(56)40(53-44(57)4-2)39-63-51-49(62)47(60)50(43(38-55)65-51)66-52-48(61)46(59)45(58)42(37-54)64-52/h35-36,40-43,45-52,54-56,58-62H,3-34,37-39H2,1-2H3,(H,53,57)/b36-35+. The number of hydrogen-bond acceptors (Lipinski definition) is 13. The van der Waals surface area contributed by atoms with E-state index in [2.05, 4.69) is 12.2 Å². The second-order valence-electron chi connectivity index (χ2n) is 19.3. The van der Waals surface area contributed by atoms with Crippen molar-refractivity contribution in [2.75, 3.05) is 19.8 Å². The molecule has 2 heterocycles. The Labute approximate surface area is 399 Å². The van der Waals surface area contributed by atoms with E-state index in [-0.39, 0.29) is 18.9 Å². The summed E-state index contributed by atoms with van der Waals surface area (Å²) in [5.74, 6) is -0.325. The number of aliphatic hydroxyl groups is 8. The summed E-state index contributed by atoms with van der Waals surface area (Å²) in [4.78, 5) is 12.3. The topological polar surface area (TPSA) is 228 Å². The third-order valence-corrected chi connectivity index (χ3v) is 13.5. The van der Waals surface area contributed by atoms with Gasteiger partial charge in [0.2, 0.25) is 5.91 Å². The van der Waals surface area contributed by atoms with E-state index in [1.165, 1.54) is 180 Å². The van der Waals surface area contributed by atoms with E-state index >= 15 is 0 Å². The van der Waals surface area contributed by atoms with Gasteiger partial charge in [0, 0.05) is 6.42 Å². The molecule has 12 atom stereocenters. The summed E-state index contributed by atoms with van der Waals surface area (Å²) in [6, 6.07) is -0.907. The fourth-order valence-corrected chi connectivity index (χ4v) is 9.08. The van der Waals surface area contributed by atoms with Crippen LogP contribution in [0.2, 0.25) is 0 Å². The predicted molar refractivity (Wildman–Crippen MR) is 259 cm³/mol. The fourth-order valence-electron chi connectivity index (χ4n) is 9.08. The van der Waals surface area contributed by atoms with Crippen LogP contribution < -0.4 is 5.32 Å². The van der Waals surface area contributed by atoms with Gasteiger partial charge in [0.15, 0.2) is 12.6 Å². The lowest BCUT2D eigenvalue weighted by molar-refractivity contribution is -0.359. The number of carbonyl (C=O) groups excluding carboxylic acids is 1. The highest BCUT2D eigenvalue weighted by Crippen LogP contribution is 2.30. The molecule has 14 heteroatoms. The van der Waals surface area contributed by atoms with E-state index in [1.54, 1.807) is 13.0 Å². The number of aliphatic hydroxyl groups excluding tert-OH is 8. The Morgan fingerprint density at radius 3 is 1.33 bits per heavy atom. The van der Waals surface area contributed by atoms with Gasteiger partial charge in [0.1, 0.15) is 48.8 Å². The zero-order valence-corrected chi connectivity index (χ0v) is 41.5. The van der Waals surface area contributed by atoms with E-state index in [1.807, 2.05) is 6.08 Å². The molecular formula is C52H99NO13. The van der Waals surface area contributed by atoms with Crippen molar-refractivity contribution in [2.45, 2.75) is 293 Å². The first-order valence-corrected chi connectivity index (χ1v) is 26.9. The molecule has 0 spiro atoms. The molecule has 0 aromatic heterocycles. The molecule has 2 aliphatic heterocycles. The molecule has 0 aromatic rings. The van der Waals surface area contributed by atoms with E-state index in [9.17, 15) is 45.6 Å². The summed E-state index contributed by atoms with van der Waals surface area (Å²) in [6.07, 6.45) is 28.5. The first-order valence-electron chi connectivity index (χ1n) is 26.9. The lowest BCUT2D eigenvalue weighted by Gasteiger charge is -2.46. The van der Waals surface area contributed by atoms with Crippen LogP contribution in [0.1, 0.15) is 219 Å². The van der Waals surface area contributed by atoms with Gasteiger partial charge in [-0.2, -0.15) is 0 Å². The van der Waals surface area contributed by atoms with Crippen LogP contribution in [0.3, 0.4) is 0 Å². The zero-order chi connectivity index (χ0) is 48.2. The minimum absolute atomic E-state index is 0.164. The van der Waals surface area contributed by atoms with Gasteiger partial charge in [-0.15, -0.1) is 0 Å². The summed E-state index contributed by atoms with van der Waals surface area (Å²) in [5, 5.41) is 85.5. The molecule has 0 aliphatic carbocycles. The Morgan fingerprint density at radius 1 is 0.530 bits per heavy atom. The van der Waals surface area contributed by atoms with Gasteiger partial charge in [0.25, 0.3) is 0 Å². The van der Waals surface area contributed by atoms with Gasteiger partial charge in [-0.1, -0.05) is 212 Å². The molecule has 66 heavy (non-hydrogen) atoms. The van der Waals surface area contributed by atoms with Crippen molar-refractivity contribution >= 4 is 5.91 Å². The molecule has 2 saturated heterocycles. The molecule has 2 rings (SSSR count). The monoisotopic (exact) mass is 946 g/mol. The SMILES string of the molecule is CCCCCCCCCCCCCCCCCCCCCCCCCCCCCCCC/C=C/C(O)C(COC1OC(CO)C(OC2OC(CO)C(O)C(O)C2O)C(O)C1O)NC(=O)CC. The Kier molecular flexibility index (Phi) is 36.4. The van der Waals surface area contributed by atoms with E-state index in [0.29, 0.717) is 0 Å². The Hall–Kier alpha value is -1.27. The summed E-state index contributed by atoms with van der Waals surface area (Å²) in [5.41, 5.74) is 0. The normalized spacial score (nSPS) is 26.8. The van der Waals surface area contributed by atoms with Crippen molar-refractivity contribution in [2.24, 2.45) is 0 Å². The molecule has 0 saturated carbocycles. The number of ether oxygens (including phenoxy) is 4. The average Bonchev–Trinajstić information content (AvgIpc) is 3.32. The van der Waals surface area contributed by atoms with Gasteiger partial charge in [-0.3, -0.25) is 4.79 Å². The average molecular weight is 946 g/mol. The highest BCUT2D eigenvalue weighted by atomic mass is 16.7. The Morgan fingerprint density at radius 2 is 0.924 bits per heavy atom. The lowest BCUT2D eigenvalue weighted by atomic mass is 9.97. The molecular weight excluding hydrogens is 847 g/mol. The molecule has 390 valence electrons. The van der Waals surface area contributed by atoms with Gasteiger partial charge in [-0.05, 0) is 12.8 Å². The fraction of sp³-hybridized carbons (Fsp3) is 0.942. The molecule has 2 fully saturated rings. The summed E-state index contributed by atoms with van der Waals surface area (Å²) >= 11 is 0. The molecule has 1 amide bonds. The molecule has 12 unspecified atom stereocenters. The zero-order valence-electron chi connectivity index (χ0n) is 41.5. The van der Waals surface area contributed by atoms with Gasteiger partial charge in [0.05, 0.1) is 32.0 Å². The summed E-state index contributed by atoms with van der Waals surface area (Å²) in [7, 11) is 0. The predicted octanol–water partition coefficient (Wildman–Crippen LogP) is 7.55.